The van der Waals surface area contributed by atoms with Gasteiger partial charge in [0.1, 0.15) is 0 Å². The molecule has 3 rings (SSSR count). The van der Waals surface area contributed by atoms with E-state index in [9.17, 15) is 22.8 Å². The van der Waals surface area contributed by atoms with Crippen LogP contribution in [0.25, 0.3) is 5.82 Å². The van der Waals surface area contributed by atoms with Crippen LogP contribution in [0.3, 0.4) is 0 Å². The summed E-state index contributed by atoms with van der Waals surface area (Å²) < 4.78 is 50.0. The number of hydrazine groups is 1. The molecule has 3 aromatic rings. The molecule has 0 unspecified atom stereocenters. The van der Waals surface area contributed by atoms with Crippen LogP contribution in [0.2, 0.25) is 0 Å². The third kappa shape index (κ3) is 5.22. The van der Waals surface area contributed by atoms with E-state index in [1.165, 1.54) is 30.1 Å². The Morgan fingerprint density at radius 3 is 2.39 bits per heavy atom. The van der Waals surface area contributed by atoms with E-state index >= 15 is 0 Å². The van der Waals surface area contributed by atoms with Gasteiger partial charge < -0.3 is 9.47 Å². The SMILES string of the molecule is CCOc1ccc(C(=O)NNC(=O)c2cnn(-c3ccc(C(F)(F)F)cn3)c2C)cc1OC. The monoisotopic (exact) mass is 463 g/mol. The molecule has 0 fully saturated rings. The first-order chi connectivity index (χ1) is 15.7. The summed E-state index contributed by atoms with van der Waals surface area (Å²) in [4.78, 5) is 28.7. The van der Waals surface area contributed by atoms with Crippen molar-refractivity contribution in [2.24, 2.45) is 0 Å². The number of benzene rings is 1. The highest BCUT2D eigenvalue weighted by atomic mass is 19.4. The molecule has 33 heavy (non-hydrogen) atoms. The standard InChI is InChI=1S/C21H20F3N5O4/c1-4-33-16-7-5-13(9-17(16)32-3)19(30)27-28-20(31)15-11-26-29(12(15)2)18-8-6-14(10-25-18)21(22,23)24/h5-11H,4H2,1-3H3,(H,27,30)(H,28,31). The van der Waals surface area contributed by atoms with Gasteiger partial charge >= 0.3 is 6.18 Å². The van der Waals surface area contributed by atoms with Gasteiger partial charge in [-0.25, -0.2) is 9.67 Å². The van der Waals surface area contributed by atoms with Crippen LogP contribution in [-0.2, 0) is 6.18 Å². The van der Waals surface area contributed by atoms with Crippen LogP contribution in [0, 0.1) is 6.92 Å². The van der Waals surface area contributed by atoms with Gasteiger partial charge in [0.15, 0.2) is 17.3 Å². The van der Waals surface area contributed by atoms with Gasteiger partial charge in [-0.15, -0.1) is 0 Å². The molecule has 0 aliphatic rings. The van der Waals surface area contributed by atoms with Crippen molar-refractivity contribution in [2.75, 3.05) is 13.7 Å². The minimum absolute atomic E-state index is 0.0984. The summed E-state index contributed by atoms with van der Waals surface area (Å²) in [6.45, 7) is 3.78. The maximum absolute atomic E-state index is 12.7. The average Bonchev–Trinajstić information content (AvgIpc) is 3.18. The number of ether oxygens (including phenoxy) is 2. The molecule has 9 nitrogen and oxygen atoms in total. The molecule has 0 bridgehead atoms. The fraction of sp³-hybridized carbons (Fsp3) is 0.238. The Balaban J connectivity index is 1.69. The van der Waals surface area contributed by atoms with Gasteiger partial charge in [0.05, 0.1) is 36.7 Å². The Hall–Kier alpha value is -4.09. The number of rotatable bonds is 6. The molecule has 0 aliphatic carbocycles. The van der Waals surface area contributed by atoms with Crippen LogP contribution >= 0.6 is 0 Å². The quantitative estimate of drug-likeness (QED) is 0.544. The second-order valence-electron chi connectivity index (χ2n) is 6.67. The van der Waals surface area contributed by atoms with Crippen LogP contribution in [0.15, 0.2) is 42.7 Å². The predicted molar refractivity (Wildman–Crippen MR) is 110 cm³/mol. The lowest BCUT2D eigenvalue weighted by molar-refractivity contribution is -0.137. The first-order valence-corrected chi connectivity index (χ1v) is 9.65. The maximum Gasteiger partial charge on any atom is 0.417 e. The fourth-order valence-electron chi connectivity index (χ4n) is 2.88. The number of amides is 2. The molecule has 2 heterocycles. The molecule has 0 saturated heterocycles. The molecule has 174 valence electrons. The van der Waals surface area contributed by atoms with E-state index in [-0.39, 0.29) is 16.9 Å². The van der Waals surface area contributed by atoms with Crippen molar-refractivity contribution in [3.63, 3.8) is 0 Å². The number of nitrogens with zero attached hydrogens (tertiary/aromatic N) is 3. The maximum atomic E-state index is 12.7. The number of hydrogen-bond donors (Lipinski definition) is 2. The molecule has 2 amide bonds. The number of carbonyl (C=O) groups excluding carboxylic acids is 2. The predicted octanol–water partition coefficient (Wildman–Crippen LogP) is 3.08. The number of carbonyl (C=O) groups is 2. The number of aromatic nitrogens is 3. The van der Waals surface area contributed by atoms with E-state index in [2.05, 4.69) is 20.9 Å². The van der Waals surface area contributed by atoms with Crippen LogP contribution in [0.4, 0.5) is 13.2 Å². The number of pyridine rings is 1. The lowest BCUT2D eigenvalue weighted by atomic mass is 10.2. The van der Waals surface area contributed by atoms with Crippen molar-refractivity contribution in [3.05, 3.63) is 65.1 Å². The van der Waals surface area contributed by atoms with Gasteiger partial charge in [-0.2, -0.15) is 18.3 Å². The van der Waals surface area contributed by atoms with Crippen molar-refractivity contribution in [1.82, 2.24) is 25.6 Å². The molecule has 2 aromatic heterocycles. The zero-order valence-electron chi connectivity index (χ0n) is 17.9. The van der Waals surface area contributed by atoms with Gasteiger partial charge in [-0.3, -0.25) is 20.4 Å². The first kappa shape index (κ1) is 23.6. The Labute approximate surface area is 186 Å². The van der Waals surface area contributed by atoms with Crippen LogP contribution < -0.4 is 20.3 Å². The van der Waals surface area contributed by atoms with Crippen LogP contribution in [-0.4, -0.2) is 40.3 Å². The summed E-state index contributed by atoms with van der Waals surface area (Å²) >= 11 is 0. The largest absolute Gasteiger partial charge is 0.493 e. The minimum Gasteiger partial charge on any atom is -0.493 e. The molecule has 0 spiro atoms. The lowest BCUT2D eigenvalue weighted by Gasteiger charge is -2.11. The smallest absolute Gasteiger partial charge is 0.417 e. The summed E-state index contributed by atoms with van der Waals surface area (Å²) in [5.74, 6) is -0.335. The normalized spacial score (nSPS) is 11.1. The van der Waals surface area contributed by atoms with Gasteiger partial charge in [0.2, 0.25) is 0 Å². The van der Waals surface area contributed by atoms with Crippen molar-refractivity contribution in [1.29, 1.82) is 0 Å². The zero-order valence-corrected chi connectivity index (χ0v) is 17.9. The highest BCUT2D eigenvalue weighted by Crippen LogP contribution is 2.29. The summed E-state index contributed by atoms with van der Waals surface area (Å²) in [5.41, 5.74) is 4.30. The fourth-order valence-corrected chi connectivity index (χ4v) is 2.88. The van der Waals surface area contributed by atoms with E-state index in [1.54, 1.807) is 13.0 Å². The lowest BCUT2D eigenvalue weighted by Crippen LogP contribution is -2.41. The van der Waals surface area contributed by atoms with E-state index in [4.69, 9.17) is 9.47 Å². The molecule has 0 radical (unpaired) electrons. The summed E-state index contributed by atoms with van der Waals surface area (Å²) in [5, 5.41) is 4.00. The Morgan fingerprint density at radius 1 is 1.06 bits per heavy atom. The van der Waals surface area contributed by atoms with Crippen molar-refractivity contribution >= 4 is 11.8 Å². The number of methoxy groups -OCH3 is 1. The highest BCUT2D eigenvalue weighted by molar-refractivity contribution is 5.99. The number of halogens is 3. The number of alkyl halides is 3. The third-order valence-corrected chi connectivity index (χ3v) is 4.56. The average molecular weight is 463 g/mol. The molecule has 0 atom stereocenters. The molecule has 12 heteroatoms. The van der Waals surface area contributed by atoms with Crippen molar-refractivity contribution < 1.29 is 32.2 Å². The molecule has 0 aliphatic heterocycles. The third-order valence-electron chi connectivity index (χ3n) is 4.56. The van der Waals surface area contributed by atoms with E-state index < -0.39 is 23.6 Å². The zero-order chi connectivity index (χ0) is 24.2. The summed E-state index contributed by atoms with van der Waals surface area (Å²) in [6, 6.07) is 6.56. The highest BCUT2D eigenvalue weighted by Gasteiger charge is 2.31. The second-order valence-corrected chi connectivity index (χ2v) is 6.67. The number of hydrogen-bond acceptors (Lipinski definition) is 6. The van der Waals surface area contributed by atoms with Crippen LogP contribution in [0.1, 0.15) is 38.9 Å². The molecular weight excluding hydrogens is 443 g/mol. The summed E-state index contributed by atoms with van der Waals surface area (Å²) in [6.07, 6.45) is -2.61. The molecule has 2 N–H and O–H groups in total. The first-order valence-electron chi connectivity index (χ1n) is 9.65. The molecule has 0 saturated carbocycles. The van der Waals surface area contributed by atoms with Gasteiger partial charge in [0.25, 0.3) is 11.8 Å². The summed E-state index contributed by atoms with van der Waals surface area (Å²) in [7, 11) is 1.44. The topological polar surface area (TPSA) is 107 Å². The molecule has 1 aromatic carbocycles. The molecular formula is C21H20F3N5O4. The minimum atomic E-state index is -4.51. The Morgan fingerprint density at radius 2 is 1.79 bits per heavy atom. The van der Waals surface area contributed by atoms with Crippen molar-refractivity contribution in [3.8, 4) is 17.3 Å². The van der Waals surface area contributed by atoms with E-state index in [0.29, 0.717) is 30.0 Å². The Bertz CT molecular complexity index is 1160. The van der Waals surface area contributed by atoms with Gasteiger partial charge in [-0.1, -0.05) is 0 Å². The van der Waals surface area contributed by atoms with E-state index in [1.807, 2.05) is 6.92 Å². The number of nitrogens with one attached hydrogen (secondary N) is 2. The van der Waals surface area contributed by atoms with Crippen molar-refractivity contribution in [2.45, 2.75) is 20.0 Å². The van der Waals surface area contributed by atoms with E-state index in [0.717, 1.165) is 12.1 Å². The van der Waals surface area contributed by atoms with Gasteiger partial charge in [-0.05, 0) is 44.2 Å². The van der Waals surface area contributed by atoms with Gasteiger partial charge in [0, 0.05) is 11.8 Å². The van der Waals surface area contributed by atoms with Crippen LogP contribution in [0.5, 0.6) is 11.5 Å². The second kappa shape index (κ2) is 9.59. The Kier molecular flexibility index (Phi) is 6.85.